The van der Waals surface area contributed by atoms with E-state index in [2.05, 4.69) is 31.0 Å². The third-order valence-electron chi connectivity index (χ3n) is 3.46. The lowest BCUT2D eigenvalue weighted by Gasteiger charge is -2.49. The number of hydrogen-bond donors (Lipinski definition) is 1. The summed E-state index contributed by atoms with van der Waals surface area (Å²) in [6, 6.07) is 0. The lowest BCUT2D eigenvalue weighted by atomic mass is 9.90. The highest BCUT2D eigenvalue weighted by Gasteiger charge is 2.43. The number of nitrogens with one attached hydrogen (secondary N) is 1. The van der Waals surface area contributed by atoms with Crippen LogP contribution in [0.3, 0.4) is 0 Å². The summed E-state index contributed by atoms with van der Waals surface area (Å²) in [5.74, 6) is 0.236. The topological polar surface area (TPSA) is 32.3 Å². The van der Waals surface area contributed by atoms with Crippen LogP contribution >= 0.6 is 0 Å². The van der Waals surface area contributed by atoms with Gasteiger partial charge < -0.3 is 10.2 Å². The van der Waals surface area contributed by atoms with Gasteiger partial charge in [-0.05, 0) is 34.1 Å². The van der Waals surface area contributed by atoms with Gasteiger partial charge in [-0.25, -0.2) is 0 Å². The maximum absolute atomic E-state index is 12.3. The minimum Gasteiger partial charge on any atom is -0.335 e. The highest BCUT2D eigenvalue weighted by atomic mass is 16.2. The Hall–Kier alpha value is -0.570. The normalized spacial score (nSPS) is 23.6. The lowest BCUT2D eigenvalue weighted by Crippen LogP contribution is -2.69. The van der Waals surface area contributed by atoms with Gasteiger partial charge in [-0.1, -0.05) is 19.8 Å². The van der Waals surface area contributed by atoms with Crippen LogP contribution in [-0.2, 0) is 4.79 Å². The van der Waals surface area contributed by atoms with E-state index in [4.69, 9.17) is 0 Å². The van der Waals surface area contributed by atoms with Crippen LogP contribution in [0.1, 0.15) is 53.9 Å². The van der Waals surface area contributed by atoms with Gasteiger partial charge in [-0.3, -0.25) is 4.79 Å². The molecule has 0 unspecified atom stereocenters. The van der Waals surface area contributed by atoms with E-state index in [9.17, 15) is 4.79 Å². The minimum atomic E-state index is -0.401. The Bertz CT molecular complexity index is 259. The van der Waals surface area contributed by atoms with Gasteiger partial charge in [0.1, 0.15) is 0 Å². The first-order chi connectivity index (χ1) is 7.31. The maximum atomic E-state index is 12.3. The third kappa shape index (κ3) is 2.76. The van der Waals surface area contributed by atoms with Crippen molar-refractivity contribution in [1.29, 1.82) is 0 Å². The zero-order valence-electron chi connectivity index (χ0n) is 11.4. The van der Waals surface area contributed by atoms with E-state index < -0.39 is 5.54 Å². The van der Waals surface area contributed by atoms with Crippen molar-refractivity contribution in [2.75, 3.05) is 13.1 Å². The third-order valence-corrected chi connectivity index (χ3v) is 3.46. The van der Waals surface area contributed by atoms with Gasteiger partial charge in [0.05, 0.1) is 5.54 Å². The average Bonchev–Trinajstić information content (AvgIpc) is 2.19. The van der Waals surface area contributed by atoms with Crippen LogP contribution in [-0.4, -0.2) is 35.0 Å². The molecule has 3 heteroatoms. The standard InChI is InChI=1S/C13H26N2O/c1-6-7-8-9-15-11(16)13(4,5)14-10-12(15,2)3/h14H,6-10H2,1-5H3. The Labute approximate surface area is 99.6 Å². The van der Waals surface area contributed by atoms with Gasteiger partial charge in [0, 0.05) is 18.6 Å². The van der Waals surface area contributed by atoms with Crippen LogP contribution in [0.15, 0.2) is 0 Å². The van der Waals surface area contributed by atoms with Gasteiger partial charge >= 0.3 is 0 Å². The SMILES string of the molecule is CCCCCN1C(=O)C(C)(C)NCC1(C)C. The summed E-state index contributed by atoms with van der Waals surface area (Å²) >= 11 is 0. The first-order valence-corrected chi connectivity index (χ1v) is 6.38. The van der Waals surface area contributed by atoms with Crippen molar-refractivity contribution in [1.82, 2.24) is 10.2 Å². The van der Waals surface area contributed by atoms with E-state index >= 15 is 0 Å². The van der Waals surface area contributed by atoms with Gasteiger partial charge in [-0.2, -0.15) is 0 Å². The molecule has 0 aliphatic carbocycles. The molecule has 0 atom stereocenters. The molecule has 1 heterocycles. The molecule has 0 aromatic rings. The summed E-state index contributed by atoms with van der Waals surface area (Å²) < 4.78 is 0. The number of amides is 1. The second-order valence-corrected chi connectivity index (χ2v) is 5.95. The molecule has 0 spiro atoms. The van der Waals surface area contributed by atoms with Crippen molar-refractivity contribution in [3.63, 3.8) is 0 Å². The molecular formula is C13H26N2O. The predicted molar refractivity (Wildman–Crippen MR) is 67.4 cm³/mol. The van der Waals surface area contributed by atoms with Crippen molar-refractivity contribution >= 4 is 5.91 Å². The molecule has 1 amide bonds. The fourth-order valence-corrected chi connectivity index (χ4v) is 2.14. The zero-order chi connectivity index (χ0) is 12.4. The summed E-state index contributed by atoms with van der Waals surface area (Å²) in [4.78, 5) is 14.4. The Kier molecular flexibility index (Phi) is 4.00. The van der Waals surface area contributed by atoms with Crippen LogP contribution < -0.4 is 5.32 Å². The van der Waals surface area contributed by atoms with E-state index in [-0.39, 0.29) is 11.4 Å². The molecule has 1 N–H and O–H groups in total. The molecule has 1 aliphatic rings. The van der Waals surface area contributed by atoms with Gasteiger partial charge in [-0.15, -0.1) is 0 Å². The smallest absolute Gasteiger partial charge is 0.242 e. The summed E-state index contributed by atoms with van der Waals surface area (Å²) in [5, 5.41) is 3.33. The molecule has 0 aromatic heterocycles. The number of carbonyl (C=O) groups is 1. The fourth-order valence-electron chi connectivity index (χ4n) is 2.14. The van der Waals surface area contributed by atoms with Gasteiger partial charge in [0.2, 0.25) is 5.91 Å². The monoisotopic (exact) mass is 226 g/mol. The Morgan fingerprint density at radius 3 is 2.44 bits per heavy atom. The van der Waals surface area contributed by atoms with E-state index in [0.717, 1.165) is 19.5 Å². The second kappa shape index (κ2) is 4.74. The summed E-state index contributed by atoms with van der Waals surface area (Å²) in [6.07, 6.45) is 3.51. The lowest BCUT2D eigenvalue weighted by molar-refractivity contribution is -0.147. The van der Waals surface area contributed by atoms with E-state index in [1.165, 1.54) is 12.8 Å². The molecule has 1 fully saturated rings. The molecule has 16 heavy (non-hydrogen) atoms. The van der Waals surface area contributed by atoms with Crippen molar-refractivity contribution < 1.29 is 4.79 Å². The minimum absolute atomic E-state index is 0.0552. The van der Waals surface area contributed by atoms with Crippen LogP contribution in [0.4, 0.5) is 0 Å². The quantitative estimate of drug-likeness (QED) is 0.745. The number of carbonyl (C=O) groups excluding carboxylic acids is 1. The predicted octanol–water partition coefficient (Wildman–Crippen LogP) is 2.17. The number of hydrogen-bond acceptors (Lipinski definition) is 2. The molecule has 1 rings (SSSR count). The van der Waals surface area contributed by atoms with E-state index in [0.29, 0.717) is 0 Å². The number of nitrogens with zero attached hydrogens (tertiary/aromatic N) is 1. The number of piperazine rings is 1. The maximum Gasteiger partial charge on any atom is 0.242 e. The highest BCUT2D eigenvalue weighted by molar-refractivity contribution is 5.87. The second-order valence-electron chi connectivity index (χ2n) is 5.95. The van der Waals surface area contributed by atoms with Crippen LogP contribution in [0, 0.1) is 0 Å². The molecule has 94 valence electrons. The largest absolute Gasteiger partial charge is 0.335 e. The first kappa shape index (κ1) is 13.5. The summed E-state index contributed by atoms with van der Waals surface area (Å²) in [6.45, 7) is 12.2. The summed E-state index contributed by atoms with van der Waals surface area (Å²) in [5.41, 5.74) is -0.456. The Morgan fingerprint density at radius 1 is 1.25 bits per heavy atom. The van der Waals surface area contributed by atoms with Crippen molar-refractivity contribution in [3.8, 4) is 0 Å². The van der Waals surface area contributed by atoms with Crippen LogP contribution in [0.2, 0.25) is 0 Å². The fraction of sp³-hybridized carbons (Fsp3) is 0.923. The zero-order valence-corrected chi connectivity index (χ0v) is 11.4. The molecular weight excluding hydrogens is 200 g/mol. The molecule has 0 bridgehead atoms. The Morgan fingerprint density at radius 2 is 1.88 bits per heavy atom. The summed E-state index contributed by atoms with van der Waals surface area (Å²) in [7, 11) is 0. The highest BCUT2D eigenvalue weighted by Crippen LogP contribution is 2.25. The van der Waals surface area contributed by atoms with Crippen molar-refractivity contribution in [2.24, 2.45) is 0 Å². The van der Waals surface area contributed by atoms with Gasteiger partial charge in [0.15, 0.2) is 0 Å². The van der Waals surface area contributed by atoms with Crippen LogP contribution in [0.5, 0.6) is 0 Å². The Balaban J connectivity index is 2.70. The van der Waals surface area contributed by atoms with Crippen molar-refractivity contribution in [2.45, 2.75) is 65.0 Å². The molecule has 0 saturated carbocycles. The first-order valence-electron chi connectivity index (χ1n) is 6.38. The van der Waals surface area contributed by atoms with Crippen LogP contribution in [0.25, 0.3) is 0 Å². The number of rotatable bonds is 4. The molecule has 3 nitrogen and oxygen atoms in total. The van der Waals surface area contributed by atoms with E-state index in [1.54, 1.807) is 0 Å². The average molecular weight is 226 g/mol. The molecule has 1 aliphatic heterocycles. The molecule has 1 saturated heterocycles. The van der Waals surface area contributed by atoms with E-state index in [1.807, 2.05) is 13.8 Å². The van der Waals surface area contributed by atoms with Gasteiger partial charge in [0.25, 0.3) is 0 Å². The molecule has 0 radical (unpaired) electrons. The molecule has 0 aromatic carbocycles. The number of unbranched alkanes of at least 4 members (excludes halogenated alkanes) is 2. The van der Waals surface area contributed by atoms with Crippen molar-refractivity contribution in [3.05, 3.63) is 0 Å².